The van der Waals surface area contributed by atoms with Crippen molar-refractivity contribution in [3.8, 4) is 0 Å². The van der Waals surface area contributed by atoms with Crippen LogP contribution >= 0.6 is 27.7 Å². The van der Waals surface area contributed by atoms with Gasteiger partial charge in [-0.1, -0.05) is 34.1 Å². The summed E-state index contributed by atoms with van der Waals surface area (Å²) >= 11 is 5.08. The van der Waals surface area contributed by atoms with Crippen LogP contribution in [0.15, 0.2) is 53.1 Å². The number of allylic oxidation sites excluding steroid dienone is 2. The second kappa shape index (κ2) is 7.68. The number of alkyl halides is 1. The van der Waals surface area contributed by atoms with E-state index in [-0.39, 0.29) is 10.7 Å². The molecule has 2 aromatic carbocycles. The van der Waals surface area contributed by atoms with Gasteiger partial charge in [-0.05, 0) is 49.2 Å². The Balaban J connectivity index is 1.74. The van der Waals surface area contributed by atoms with Gasteiger partial charge in [0.25, 0.3) is 5.91 Å². The molecule has 26 heavy (non-hydrogen) atoms. The first-order valence-electron chi connectivity index (χ1n) is 8.21. The molecule has 134 valence electrons. The van der Waals surface area contributed by atoms with Gasteiger partial charge in [-0.15, -0.1) is 11.8 Å². The molecule has 1 atom stereocenters. The van der Waals surface area contributed by atoms with E-state index in [1.54, 1.807) is 36.0 Å². The van der Waals surface area contributed by atoms with Crippen molar-refractivity contribution in [1.82, 2.24) is 0 Å². The second-order valence-electron chi connectivity index (χ2n) is 6.27. The maximum Gasteiger partial charge on any atom is 0.255 e. The summed E-state index contributed by atoms with van der Waals surface area (Å²) in [4.78, 5) is 13.4. The van der Waals surface area contributed by atoms with Crippen molar-refractivity contribution >= 4 is 45.0 Å². The quantitative estimate of drug-likeness (QED) is 0.490. The molecule has 0 bridgehead atoms. The molecule has 0 spiro atoms. The molecule has 0 saturated carbocycles. The summed E-state index contributed by atoms with van der Waals surface area (Å²) < 4.78 is 0. The first-order chi connectivity index (χ1) is 12.4. The SMILES string of the molecule is Cc1ccc(NC(=O)c2ccc(C(=N)C3=C(N)C(Br)CS3)cc2)cc1C. The molecule has 4 nitrogen and oxygen atoms in total. The van der Waals surface area contributed by atoms with Crippen molar-refractivity contribution in [2.24, 2.45) is 5.73 Å². The highest BCUT2D eigenvalue weighted by Gasteiger charge is 2.25. The Bertz CT molecular complexity index is 906. The van der Waals surface area contributed by atoms with Gasteiger partial charge in [-0.25, -0.2) is 0 Å². The second-order valence-corrected chi connectivity index (χ2v) is 8.40. The summed E-state index contributed by atoms with van der Waals surface area (Å²) in [5.74, 6) is 0.667. The van der Waals surface area contributed by atoms with E-state index in [1.165, 1.54) is 5.56 Å². The fourth-order valence-electron chi connectivity index (χ4n) is 2.63. The van der Waals surface area contributed by atoms with Gasteiger partial charge in [0.15, 0.2) is 0 Å². The number of amides is 1. The van der Waals surface area contributed by atoms with E-state index in [9.17, 15) is 4.79 Å². The molecule has 2 aromatic rings. The molecule has 0 saturated heterocycles. The Morgan fingerprint density at radius 3 is 2.38 bits per heavy atom. The number of benzene rings is 2. The summed E-state index contributed by atoms with van der Waals surface area (Å²) in [5.41, 5.74) is 11.6. The lowest BCUT2D eigenvalue weighted by atomic mass is 10.1. The molecule has 0 radical (unpaired) electrons. The maximum absolute atomic E-state index is 12.4. The summed E-state index contributed by atoms with van der Waals surface area (Å²) in [5, 5.41) is 11.3. The minimum Gasteiger partial charge on any atom is -0.400 e. The normalized spacial score (nSPS) is 16.7. The van der Waals surface area contributed by atoms with Crippen LogP contribution in [0.25, 0.3) is 0 Å². The number of anilines is 1. The first-order valence-corrected chi connectivity index (χ1v) is 10.1. The van der Waals surface area contributed by atoms with E-state index in [0.29, 0.717) is 17.0 Å². The number of hydrogen-bond donors (Lipinski definition) is 3. The molecule has 6 heteroatoms. The Labute approximate surface area is 165 Å². The highest BCUT2D eigenvalue weighted by atomic mass is 79.9. The summed E-state index contributed by atoms with van der Waals surface area (Å²) in [6.07, 6.45) is 0. The fourth-order valence-corrected chi connectivity index (χ4v) is 4.47. The molecule has 1 heterocycles. The monoisotopic (exact) mass is 429 g/mol. The van der Waals surface area contributed by atoms with Gasteiger partial charge in [0.1, 0.15) is 0 Å². The standard InChI is InChI=1S/C20H20BrN3OS/c1-11-3-8-15(9-12(11)2)24-20(25)14-6-4-13(5-7-14)17(22)19-18(23)16(21)10-26-19/h3-9,16,22H,10,23H2,1-2H3,(H,24,25). The molecule has 0 aliphatic carbocycles. The zero-order valence-corrected chi connectivity index (χ0v) is 17.0. The zero-order valence-electron chi connectivity index (χ0n) is 14.6. The maximum atomic E-state index is 12.4. The highest BCUT2D eigenvalue weighted by Crippen LogP contribution is 2.35. The Kier molecular flexibility index (Phi) is 5.53. The minimum atomic E-state index is -0.166. The number of rotatable bonds is 4. The van der Waals surface area contributed by atoms with E-state index >= 15 is 0 Å². The smallest absolute Gasteiger partial charge is 0.255 e. The van der Waals surface area contributed by atoms with E-state index in [0.717, 1.165) is 27.5 Å². The van der Waals surface area contributed by atoms with Crippen LogP contribution in [0, 0.1) is 19.3 Å². The number of thioether (sulfide) groups is 1. The molecule has 0 fully saturated rings. The molecule has 1 amide bonds. The molecule has 1 aliphatic rings. The van der Waals surface area contributed by atoms with Crippen LogP contribution < -0.4 is 11.1 Å². The lowest BCUT2D eigenvalue weighted by Gasteiger charge is -2.09. The summed E-state index contributed by atoms with van der Waals surface area (Å²) in [6, 6.07) is 12.9. The highest BCUT2D eigenvalue weighted by molar-refractivity contribution is 9.09. The van der Waals surface area contributed by atoms with Gasteiger partial charge in [-0.3, -0.25) is 10.2 Å². The van der Waals surface area contributed by atoms with Crippen molar-refractivity contribution in [2.45, 2.75) is 18.7 Å². The largest absolute Gasteiger partial charge is 0.400 e. The lowest BCUT2D eigenvalue weighted by Crippen LogP contribution is -2.13. The number of hydrogen-bond acceptors (Lipinski definition) is 4. The molecular formula is C20H20BrN3OS. The number of nitrogens with two attached hydrogens (primary N) is 1. The van der Waals surface area contributed by atoms with Crippen molar-refractivity contribution in [3.05, 3.63) is 75.3 Å². The van der Waals surface area contributed by atoms with Crippen molar-refractivity contribution in [1.29, 1.82) is 5.41 Å². The fraction of sp³-hybridized carbons (Fsp3) is 0.200. The van der Waals surface area contributed by atoms with Gasteiger partial charge < -0.3 is 11.1 Å². The van der Waals surface area contributed by atoms with E-state index in [1.807, 2.05) is 32.0 Å². The van der Waals surface area contributed by atoms with Crippen LogP contribution in [-0.4, -0.2) is 22.2 Å². The van der Waals surface area contributed by atoms with E-state index in [4.69, 9.17) is 11.1 Å². The number of halogens is 1. The molecule has 3 rings (SSSR count). The van der Waals surface area contributed by atoms with Gasteiger partial charge in [0.2, 0.25) is 0 Å². The molecule has 4 N–H and O–H groups in total. The van der Waals surface area contributed by atoms with Crippen molar-refractivity contribution in [2.75, 3.05) is 11.1 Å². The number of carbonyl (C=O) groups is 1. The van der Waals surface area contributed by atoms with Gasteiger partial charge >= 0.3 is 0 Å². The van der Waals surface area contributed by atoms with Crippen molar-refractivity contribution < 1.29 is 4.79 Å². The Morgan fingerprint density at radius 2 is 1.81 bits per heavy atom. The third-order valence-electron chi connectivity index (χ3n) is 4.40. The van der Waals surface area contributed by atoms with E-state index in [2.05, 4.69) is 21.2 Å². The average Bonchev–Trinajstić information content (AvgIpc) is 2.97. The van der Waals surface area contributed by atoms with Gasteiger partial charge in [0, 0.05) is 28.3 Å². The molecule has 1 unspecified atom stereocenters. The third kappa shape index (κ3) is 3.86. The molecule has 0 aromatic heterocycles. The van der Waals surface area contributed by atoms with Crippen LogP contribution in [0.4, 0.5) is 5.69 Å². The number of aryl methyl sites for hydroxylation is 2. The summed E-state index contributed by atoms with van der Waals surface area (Å²) in [6.45, 7) is 4.06. The predicted octanol–water partition coefficient (Wildman–Crippen LogP) is 4.60. The van der Waals surface area contributed by atoms with Gasteiger partial charge in [0.05, 0.1) is 15.4 Å². The van der Waals surface area contributed by atoms with Crippen LogP contribution in [0.1, 0.15) is 27.0 Å². The number of carbonyl (C=O) groups excluding carboxylic acids is 1. The lowest BCUT2D eigenvalue weighted by molar-refractivity contribution is 0.102. The van der Waals surface area contributed by atoms with Gasteiger partial charge in [-0.2, -0.15) is 0 Å². The van der Waals surface area contributed by atoms with E-state index < -0.39 is 0 Å². The zero-order chi connectivity index (χ0) is 18.8. The first kappa shape index (κ1) is 18.7. The summed E-state index contributed by atoms with van der Waals surface area (Å²) in [7, 11) is 0. The minimum absolute atomic E-state index is 0.117. The van der Waals surface area contributed by atoms with Crippen LogP contribution in [0.2, 0.25) is 0 Å². The predicted molar refractivity (Wildman–Crippen MR) is 114 cm³/mol. The molecular weight excluding hydrogens is 410 g/mol. The average molecular weight is 430 g/mol. The Hall–Kier alpha value is -2.05. The Morgan fingerprint density at radius 1 is 1.15 bits per heavy atom. The van der Waals surface area contributed by atoms with Crippen LogP contribution in [0.3, 0.4) is 0 Å². The molecule has 1 aliphatic heterocycles. The topological polar surface area (TPSA) is 79.0 Å². The van der Waals surface area contributed by atoms with Crippen LogP contribution in [-0.2, 0) is 0 Å². The van der Waals surface area contributed by atoms with Crippen LogP contribution in [0.5, 0.6) is 0 Å². The van der Waals surface area contributed by atoms with Crippen molar-refractivity contribution in [3.63, 3.8) is 0 Å². The number of nitrogens with one attached hydrogen (secondary N) is 2. The third-order valence-corrected chi connectivity index (χ3v) is 6.88.